The average Bonchev–Trinajstić information content (AvgIpc) is 3.38. The van der Waals surface area contributed by atoms with Gasteiger partial charge < -0.3 is 20.3 Å². The van der Waals surface area contributed by atoms with Gasteiger partial charge in [-0.05, 0) is 89.9 Å². The van der Waals surface area contributed by atoms with Gasteiger partial charge in [-0.15, -0.1) is 0 Å². The van der Waals surface area contributed by atoms with Crippen molar-refractivity contribution in [1.29, 1.82) is 0 Å². The van der Waals surface area contributed by atoms with E-state index in [2.05, 4.69) is 67.8 Å². The van der Waals surface area contributed by atoms with Crippen molar-refractivity contribution in [2.75, 3.05) is 13.2 Å². The van der Waals surface area contributed by atoms with Gasteiger partial charge in [-0.25, -0.2) is 0 Å². The quantitative estimate of drug-likeness (QED) is 0.0244. The topological polar surface area (TPSA) is 95.9 Å². The van der Waals surface area contributed by atoms with E-state index in [4.69, 9.17) is 4.74 Å². The Hall–Kier alpha value is -2.18. The zero-order chi connectivity index (χ0) is 52.2. The van der Waals surface area contributed by atoms with E-state index in [0.717, 1.165) is 77.0 Å². The standard InChI is InChI=1S/C66H123NO5/c1-3-5-7-9-11-13-15-17-19-21-23-28-32-36-40-44-48-52-56-60-66(71)72-61-57-53-49-45-41-37-33-29-25-22-24-27-31-35-39-43-47-51-55-59-65(70)67-63(62-68)64(69)58-54-50-46-42-38-34-30-26-20-18-16-14-12-10-8-6-4-2/h11,13,17,19,29,33,37,41,63-64,68-69H,3-10,12,14-16,18,20-28,30-32,34-36,38-40,42-62H2,1-2H3,(H,67,70)/b13-11-,19-17-,33-29-,41-37-. The van der Waals surface area contributed by atoms with Crippen molar-refractivity contribution < 1.29 is 24.5 Å². The molecule has 0 saturated carbocycles. The van der Waals surface area contributed by atoms with Gasteiger partial charge in [0.05, 0.1) is 25.4 Å². The maximum Gasteiger partial charge on any atom is 0.305 e. The molecule has 3 N–H and O–H groups in total. The molecule has 0 aliphatic heterocycles. The molecule has 0 bridgehead atoms. The molecule has 0 radical (unpaired) electrons. The zero-order valence-corrected chi connectivity index (χ0v) is 48.2. The summed E-state index contributed by atoms with van der Waals surface area (Å²) >= 11 is 0. The molecule has 2 unspecified atom stereocenters. The molecule has 0 rings (SSSR count). The van der Waals surface area contributed by atoms with Crippen molar-refractivity contribution in [3.8, 4) is 0 Å². The minimum Gasteiger partial charge on any atom is -0.466 e. The molecule has 0 saturated heterocycles. The third kappa shape index (κ3) is 57.1. The predicted molar refractivity (Wildman–Crippen MR) is 315 cm³/mol. The number of carbonyl (C=O) groups excluding carboxylic acids is 2. The highest BCUT2D eigenvalue weighted by Crippen LogP contribution is 2.17. The third-order valence-corrected chi connectivity index (χ3v) is 14.6. The van der Waals surface area contributed by atoms with E-state index in [9.17, 15) is 19.8 Å². The Labute approximate surface area is 448 Å². The number of allylic oxidation sites excluding steroid dienone is 8. The number of hydrogen-bond donors (Lipinski definition) is 3. The third-order valence-electron chi connectivity index (χ3n) is 14.6. The van der Waals surface area contributed by atoms with Crippen LogP contribution in [0.5, 0.6) is 0 Å². The Balaban J connectivity index is 3.47. The molecule has 422 valence electrons. The lowest BCUT2D eigenvalue weighted by molar-refractivity contribution is -0.143. The highest BCUT2D eigenvalue weighted by atomic mass is 16.5. The van der Waals surface area contributed by atoms with Crippen molar-refractivity contribution in [1.82, 2.24) is 5.32 Å². The van der Waals surface area contributed by atoms with E-state index >= 15 is 0 Å². The van der Waals surface area contributed by atoms with E-state index in [1.807, 2.05) is 0 Å². The van der Waals surface area contributed by atoms with E-state index in [-0.39, 0.29) is 18.5 Å². The molecule has 0 aliphatic carbocycles. The number of carbonyl (C=O) groups is 2. The van der Waals surface area contributed by atoms with Gasteiger partial charge in [-0.3, -0.25) is 9.59 Å². The second-order valence-electron chi connectivity index (χ2n) is 21.8. The van der Waals surface area contributed by atoms with Gasteiger partial charge >= 0.3 is 5.97 Å². The molecule has 0 aromatic heterocycles. The van der Waals surface area contributed by atoms with Crippen LogP contribution in [0.4, 0.5) is 0 Å². The lowest BCUT2D eigenvalue weighted by Crippen LogP contribution is -2.45. The number of hydrogen-bond acceptors (Lipinski definition) is 5. The smallest absolute Gasteiger partial charge is 0.305 e. The lowest BCUT2D eigenvalue weighted by Gasteiger charge is -2.22. The first-order valence-electron chi connectivity index (χ1n) is 31.9. The number of aliphatic hydroxyl groups is 2. The molecule has 0 spiro atoms. The largest absolute Gasteiger partial charge is 0.466 e. The number of esters is 1. The number of unbranched alkanes of at least 4 members (excludes halogenated alkanes) is 41. The van der Waals surface area contributed by atoms with Crippen LogP contribution < -0.4 is 5.32 Å². The number of ether oxygens (including phenoxy) is 1. The van der Waals surface area contributed by atoms with E-state index in [1.54, 1.807) is 0 Å². The van der Waals surface area contributed by atoms with Crippen LogP contribution in [0.1, 0.15) is 335 Å². The van der Waals surface area contributed by atoms with E-state index in [1.165, 1.54) is 225 Å². The van der Waals surface area contributed by atoms with E-state index in [0.29, 0.717) is 25.9 Å². The first kappa shape index (κ1) is 69.8. The lowest BCUT2D eigenvalue weighted by atomic mass is 10.0. The van der Waals surface area contributed by atoms with Gasteiger partial charge in [0, 0.05) is 12.8 Å². The van der Waals surface area contributed by atoms with Crippen LogP contribution in [0.3, 0.4) is 0 Å². The van der Waals surface area contributed by atoms with Gasteiger partial charge in [0.2, 0.25) is 5.91 Å². The van der Waals surface area contributed by atoms with Crippen molar-refractivity contribution in [2.24, 2.45) is 0 Å². The first-order valence-corrected chi connectivity index (χ1v) is 31.9. The van der Waals surface area contributed by atoms with Crippen LogP contribution in [0.25, 0.3) is 0 Å². The Morgan fingerprint density at radius 3 is 1.17 bits per heavy atom. The van der Waals surface area contributed by atoms with Crippen LogP contribution in [-0.2, 0) is 14.3 Å². The molecule has 2 atom stereocenters. The number of rotatable bonds is 59. The van der Waals surface area contributed by atoms with Crippen LogP contribution in [0.15, 0.2) is 48.6 Å². The highest BCUT2D eigenvalue weighted by molar-refractivity contribution is 5.76. The molecule has 0 heterocycles. The maximum absolute atomic E-state index is 12.5. The normalized spacial score (nSPS) is 12.9. The summed E-state index contributed by atoms with van der Waals surface area (Å²) in [6, 6.07) is -0.551. The average molecular weight is 1010 g/mol. The summed E-state index contributed by atoms with van der Waals surface area (Å²) < 4.78 is 5.47. The molecular formula is C66H123NO5. The molecule has 6 nitrogen and oxygen atoms in total. The summed E-state index contributed by atoms with van der Waals surface area (Å²) in [6.07, 6.45) is 78.3. The summed E-state index contributed by atoms with van der Waals surface area (Å²) in [4.78, 5) is 24.6. The monoisotopic (exact) mass is 1010 g/mol. The van der Waals surface area contributed by atoms with Crippen molar-refractivity contribution in [3.63, 3.8) is 0 Å². The molecule has 0 fully saturated rings. The van der Waals surface area contributed by atoms with Crippen LogP contribution in [0.2, 0.25) is 0 Å². The summed E-state index contributed by atoms with van der Waals surface area (Å²) in [5.41, 5.74) is 0. The maximum atomic E-state index is 12.5. The summed E-state index contributed by atoms with van der Waals surface area (Å²) in [7, 11) is 0. The zero-order valence-electron chi connectivity index (χ0n) is 48.2. The molecule has 0 aliphatic rings. The van der Waals surface area contributed by atoms with Crippen molar-refractivity contribution in [3.05, 3.63) is 48.6 Å². The Bertz CT molecular complexity index is 1210. The predicted octanol–water partition coefficient (Wildman–Crippen LogP) is 20.1. The Kier molecular flexibility index (Phi) is 59.5. The van der Waals surface area contributed by atoms with Crippen LogP contribution in [-0.4, -0.2) is 47.4 Å². The second-order valence-corrected chi connectivity index (χ2v) is 21.8. The molecular weight excluding hydrogens is 887 g/mol. The number of aliphatic hydroxyl groups excluding tert-OH is 2. The van der Waals surface area contributed by atoms with Gasteiger partial charge in [-0.2, -0.15) is 0 Å². The minimum absolute atomic E-state index is 0.0170. The molecule has 0 aromatic rings. The van der Waals surface area contributed by atoms with Gasteiger partial charge in [-0.1, -0.05) is 281 Å². The van der Waals surface area contributed by atoms with Gasteiger partial charge in [0.1, 0.15) is 0 Å². The molecule has 0 aromatic carbocycles. The fourth-order valence-electron chi connectivity index (χ4n) is 9.72. The summed E-state index contributed by atoms with van der Waals surface area (Å²) in [5.74, 6) is -0.0604. The number of nitrogens with one attached hydrogen (secondary N) is 1. The molecule has 6 heteroatoms. The highest BCUT2D eigenvalue weighted by Gasteiger charge is 2.20. The van der Waals surface area contributed by atoms with Gasteiger partial charge in [0.25, 0.3) is 0 Å². The second kappa shape index (κ2) is 61.4. The fraction of sp³-hybridized carbons (Fsp3) is 0.848. The Morgan fingerprint density at radius 2 is 0.736 bits per heavy atom. The number of amides is 1. The van der Waals surface area contributed by atoms with E-state index < -0.39 is 12.1 Å². The van der Waals surface area contributed by atoms with Crippen LogP contribution >= 0.6 is 0 Å². The first-order chi connectivity index (χ1) is 35.5. The molecule has 1 amide bonds. The summed E-state index contributed by atoms with van der Waals surface area (Å²) in [5, 5.41) is 23.3. The SMILES string of the molecule is CCCCC/C=C\C/C=C\CCCCCCCCCCCC(=O)OCCCCC/C=C\C=C/CCCCCCCCCCCCC(=O)NC(CO)C(O)CCCCCCCCCCCCCCCCCCC. The summed E-state index contributed by atoms with van der Waals surface area (Å²) in [6.45, 7) is 4.90. The Morgan fingerprint density at radius 1 is 0.403 bits per heavy atom. The van der Waals surface area contributed by atoms with Crippen LogP contribution in [0, 0.1) is 0 Å². The van der Waals surface area contributed by atoms with Crippen molar-refractivity contribution >= 4 is 11.9 Å². The molecule has 72 heavy (non-hydrogen) atoms. The van der Waals surface area contributed by atoms with Crippen molar-refractivity contribution in [2.45, 2.75) is 347 Å². The minimum atomic E-state index is -0.672. The van der Waals surface area contributed by atoms with Gasteiger partial charge in [0.15, 0.2) is 0 Å². The fourth-order valence-corrected chi connectivity index (χ4v) is 9.72.